The first kappa shape index (κ1) is 17.9. The van der Waals surface area contributed by atoms with Crippen LogP contribution in [0.15, 0.2) is 36.7 Å². The Kier molecular flexibility index (Phi) is 5.05. The summed E-state index contributed by atoms with van der Waals surface area (Å²) >= 11 is 0. The monoisotopic (exact) mass is 368 g/mol. The molecule has 0 radical (unpaired) electrons. The van der Waals surface area contributed by atoms with Gasteiger partial charge in [0, 0.05) is 25.0 Å². The van der Waals surface area contributed by atoms with E-state index in [9.17, 15) is 9.18 Å². The van der Waals surface area contributed by atoms with Crippen molar-refractivity contribution in [2.45, 2.75) is 43.9 Å². The molecule has 1 N–H and O–H groups in total. The van der Waals surface area contributed by atoms with Crippen molar-refractivity contribution in [3.63, 3.8) is 0 Å². The Morgan fingerprint density at radius 3 is 2.59 bits per heavy atom. The maximum absolute atomic E-state index is 14.4. The summed E-state index contributed by atoms with van der Waals surface area (Å²) in [6.07, 6.45) is 9.31. The van der Waals surface area contributed by atoms with Crippen molar-refractivity contribution in [1.82, 2.24) is 14.9 Å². The molecule has 4 rings (SSSR count). The van der Waals surface area contributed by atoms with E-state index in [-0.39, 0.29) is 17.1 Å². The molecule has 0 unspecified atom stereocenters. The van der Waals surface area contributed by atoms with Crippen LogP contribution < -0.4 is 5.32 Å². The minimum absolute atomic E-state index is 0.0617. The average Bonchev–Trinajstić information content (AvgIpc) is 3.39. The Hall–Kier alpha value is -2.50. The second-order valence-corrected chi connectivity index (χ2v) is 7.61. The molecule has 1 aromatic carbocycles. The lowest BCUT2D eigenvalue weighted by molar-refractivity contribution is 0.0786. The Labute approximate surface area is 159 Å². The first-order valence-corrected chi connectivity index (χ1v) is 9.78. The molecule has 0 atom stereocenters. The molecule has 6 heteroatoms. The molecule has 1 aliphatic carbocycles. The van der Waals surface area contributed by atoms with Gasteiger partial charge in [-0.15, -0.1) is 0 Å². The second kappa shape index (κ2) is 7.62. The summed E-state index contributed by atoms with van der Waals surface area (Å²) in [5, 5.41) is 3.33. The molecule has 2 aromatic rings. The lowest BCUT2D eigenvalue weighted by Gasteiger charge is -2.30. The van der Waals surface area contributed by atoms with E-state index in [1.165, 1.54) is 12.3 Å². The summed E-state index contributed by atoms with van der Waals surface area (Å²) in [6, 6.07) is 7.05. The lowest BCUT2D eigenvalue weighted by atomic mass is 9.78. The molecular formula is C21H25FN4O. The summed E-state index contributed by atoms with van der Waals surface area (Å²) in [5.41, 5.74) is 0.905. The number of nitrogens with one attached hydrogen (secondary N) is 1. The third kappa shape index (κ3) is 3.66. The number of halogens is 1. The van der Waals surface area contributed by atoms with Gasteiger partial charge in [0.2, 0.25) is 0 Å². The molecule has 2 fully saturated rings. The van der Waals surface area contributed by atoms with Gasteiger partial charge in [0.05, 0.1) is 12.4 Å². The number of nitrogens with zero attached hydrogens (tertiary/aromatic N) is 3. The van der Waals surface area contributed by atoms with E-state index >= 15 is 0 Å². The van der Waals surface area contributed by atoms with Crippen molar-refractivity contribution in [2.24, 2.45) is 0 Å². The van der Waals surface area contributed by atoms with Gasteiger partial charge in [-0.3, -0.25) is 9.78 Å². The molecule has 1 aromatic heterocycles. The first-order chi connectivity index (χ1) is 13.2. The van der Waals surface area contributed by atoms with Gasteiger partial charge in [0.25, 0.3) is 5.91 Å². The van der Waals surface area contributed by atoms with Gasteiger partial charge in [-0.05, 0) is 37.3 Å². The summed E-state index contributed by atoms with van der Waals surface area (Å²) in [6.45, 7) is 2.16. The summed E-state index contributed by atoms with van der Waals surface area (Å²) < 4.78 is 14.4. The number of amides is 1. The van der Waals surface area contributed by atoms with Crippen LogP contribution in [-0.4, -0.2) is 40.4 Å². The molecule has 1 saturated carbocycles. The van der Waals surface area contributed by atoms with Gasteiger partial charge >= 0.3 is 0 Å². The number of rotatable bonds is 5. The van der Waals surface area contributed by atoms with Crippen LogP contribution in [0, 0.1) is 5.82 Å². The SMILES string of the molecule is O=C(c1cncc(NCC2(c3ccccc3F)CCCC2)n1)N1CCCC1. The zero-order valence-corrected chi connectivity index (χ0v) is 15.5. The molecule has 5 nitrogen and oxygen atoms in total. The van der Waals surface area contributed by atoms with Crippen LogP contribution in [0.5, 0.6) is 0 Å². The number of likely N-dealkylation sites (tertiary alicyclic amines) is 1. The topological polar surface area (TPSA) is 58.1 Å². The minimum atomic E-state index is -0.234. The summed E-state index contributed by atoms with van der Waals surface area (Å²) in [7, 11) is 0. The van der Waals surface area contributed by atoms with Crippen LogP contribution in [0.1, 0.15) is 54.6 Å². The van der Waals surface area contributed by atoms with Crippen molar-refractivity contribution >= 4 is 11.7 Å². The van der Waals surface area contributed by atoms with Crippen LogP contribution in [-0.2, 0) is 5.41 Å². The predicted molar refractivity (Wildman–Crippen MR) is 102 cm³/mol. The van der Waals surface area contributed by atoms with E-state index in [0.29, 0.717) is 18.1 Å². The molecule has 1 saturated heterocycles. The van der Waals surface area contributed by atoms with Gasteiger partial charge < -0.3 is 10.2 Å². The van der Waals surface area contributed by atoms with Crippen LogP contribution >= 0.6 is 0 Å². The Morgan fingerprint density at radius 1 is 1.11 bits per heavy atom. The maximum atomic E-state index is 14.4. The van der Waals surface area contributed by atoms with Crippen molar-refractivity contribution in [2.75, 3.05) is 25.0 Å². The Balaban J connectivity index is 1.51. The van der Waals surface area contributed by atoms with Crippen LogP contribution in [0.2, 0.25) is 0 Å². The maximum Gasteiger partial charge on any atom is 0.274 e. The fraction of sp³-hybridized carbons (Fsp3) is 0.476. The molecule has 0 spiro atoms. The molecular weight excluding hydrogens is 343 g/mol. The Morgan fingerprint density at radius 2 is 1.85 bits per heavy atom. The van der Waals surface area contributed by atoms with Crippen LogP contribution in [0.25, 0.3) is 0 Å². The Bertz CT molecular complexity index is 813. The highest BCUT2D eigenvalue weighted by molar-refractivity contribution is 5.92. The molecule has 2 aliphatic rings. The van der Waals surface area contributed by atoms with Gasteiger partial charge in [0.15, 0.2) is 0 Å². The number of aromatic nitrogens is 2. The normalized spacial score (nSPS) is 18.6. The van der Waals surface area contributed by atoms with Crippen LogP contribution in [0.4, 0.5) is 10.2 Å². The first-order valence-electron chi connectivity index (χ1n) is 9.78. The third-order valence-corrected chi connectivity index (χ3v) is 5.86. The third-order valence-electron chi connectivity index (χ3n) is 5.86. The molecule has 2 heterocycles. The smallest absolute Gasteiger partial charge is 0.274 e. The van der Waals surface area contributed by atoms with Crippen molar-refractivity contribution < 1.29 is 9.18 Å². The molecule has 27 heavy (non-hydrogen) atoms. The average molecular weight is 368 g/mol. The minimum Gasteiger partial charge on any atom is -0.368 e. The van der Waals surface area contributed by atoms with E-state index in [2.05, 4.69) is 15.3 Å². The lowest BCUT2D eigenvalue weighted by Crippen LogP contribution is -2.33. The van der Waals surface area contributed by atoms with E-state index in [0.717, 1.165) is 57.2 Å². The highest BCUT2D eigenvalue weighted by Gasteiger charge is 2.37. The zero-order valence-electron chi connectivity index (χ0n) is 15.5. The number of hydrogen-bond acceptors (Lipinski definition) is 4. The van der Waals surface area contributed by atoms with Crippen molar-refractivity contribution in [1.29, 1.82) is 0 Å². The van der Waals surface area contributed by atoms with E-state index in [1.807, 2.05) is 17.0 Å². The molecule has 1 amide bonds. The number of carbonyl (C=O) groups is 1. The van der Waals surface area contributed by atoms with E-state index < -0.39 is 0 Å². The van der Waals surface area contributed by atoms with E-state index in [4.69, 9.17) is 0 Å². The van der Waals surface area contributed by atoms with Crippen molar-refractivity contribution in [3.8, 4) is 0 Å². The number of hydrogen-bond donors (Lipinski definition) is 1. The fourth-order valence-corrected chi connectivity index (χ4v) is 4.38. The van der Waals surface area contributed by atoms with Gasteiger partial charge in [-0.25, -0.2) is 9.37 Å². The largest absolute Gasteiger partial charge is 0.368 e. The zero-order chi connectivity index (χ0) is 18.7. The quantitative estimate of drug-likeness (QED) is 0.873. The van der Waals surface area contributed by atoms with E-state index in [1.54, 1.807) is 12.3 Å². The number of benzene rings is 1. The highest BCUT2D eigenvalue weighted by atomic mass is 19.1. The molecule has 142 valence electrons. The summed E-state index contributed by atoms with van der Waals surface area (Å²) in [5.74, 6) is 0.362. The fourth-order valence-electron chi connectivity index (χ4n) is 4.38. The van der Waals surface area contributed by atoms with Gasteiger partial charge in [-0.2, -0.15) is 0 Å². The highest BCUT2D eigenvalue weighted by Crippen LogP contribution is 2.42. The van der Waals surface area contributed by atoms with Gasteiger partial charge in [-0.1, -0.05) is 31.0 Å². The predicted octanol–water partition coefficient (Wildman–Crippen LogP) is 3.78. The van der Waals surface area contributed by atoms with Crippen molar-refractivity contribution in [3.05, 3.63) is 53.7 Å². The van der Waals surface area contributed by atoms with Crippen LogP contribution in [0.3, 0.4) is 0 Å². The summed E-state index contributed by atoms with van der Waals surface area (Å²) in [4.78, 5) is 23.0. The molecule has 0 bridgehead atoms. The standard InChI is InChI=1S/C21H25FN4O/c22-17-8-2-1-7-16(17)21(9-3-4-10-21)15-24-19-14-23-13-18(25-19)20(27)26-11-5-6-12-26/h1-2,7-8,13-14H,3-6,9-12,15H2,(H,24,25). The van der Waals surface area contributed by atoms with Gasteiger partial charge in [0.1, 0.15) is 17.3 Å². The molecule has 1 aliphatic heterocycles. The number of anilines is 1. The second-order valence-electron chi connectivity index (χ2n) is 7.61. The number of carbonyl (C=O) groups excluding carboxylic acids is 1.